The molecule has 0 aromatic heterocycles. The van der Waals surface area contributed by atoms with Crippen molar-refractivity contribution in [1.82, 2.24) is 10.2 Å². The summed E-state index contributed by atoms with van der Waals surface area (Å²) in [7, 11) is 1.82. The lowest BCUT2D eigenvalue weighted by atomic mass is 10.1. The summed E-state index contributed by atoms with van der Waals surface area (Å²) in [6.07, 6.45) is 0.247. The molecule has 1 heterocycles. The van der Waals surface area contributed by atoms with Gasteiger partial charge >= 0.3 is 0 Å². The van der Waals surface area contributed by atoms with Crippen LogP contribution in [0.1, 0.15) is 6.42 Å². The zero-order chi connectivity index (χ0) is 8.27. The highest BCUT2D eigenvalue weighted by Gasteiger charge is 2.27. The van der Waals surface area contributed by atoms with Crippen LogP contribution in [0.25, 0.3) is 0 Å². The summed E-state index contributed by atoms with van der Waals surface area (Å²) in [5.74, 6) is 0.129. The minimum absolute atomic E-state index is 0.129. The third-order valence-corrected chi connectivity index (χ3v) is 1.80. The summed E-state index contributed by atoms with van der Waals surface area (Å²) in [6, 6.07) is 0. The second-order valence-electron chi connectivity index (χ2n) is 2.81. The van der Waals surface area contributed by atoms with Crippen molar-refractivity contribution in [2.75, 3.05) is 26.7 Å². The van der Waals surface area contributed by atoms with Crippen molar-refractivity contribution in [3.63, 3.8) is 0 Å². The quantitative estimate of drug-likeness (QED) is 0.542. The second kappa shape index (κ2) is 3.69. The van der Waals surface area contributed by atoms with Crippen LogP contribution in [0.15, 0.2) is 0 Å². The molecule has 0 saturated carbocycles. The highest BCUT2D eigenvalue weighted by atomic mass is 16.3. The lowest BCUT2D eigenvalue weighted by Crippen LogP contribution is -2.53. The van der Waals surface area contributed by atoms with Crippen molar-refractivity contribution >= 4 is 5.91 Å². The Morgan fingerprint density at radius 1 is 1.73 bits per heavy atom. The SMILES string of the molecule is CNCCC(=O)N1CC(O)C1. The zero-order valence-electron chi connectivity index (χ0n) is 6.71. The van der Waals surface area contributed by atoms with Crippen LogP contribution in [-0.4, -0.2) is 48.7 Å². The normalized spacial score (nSPS) is 18.2. The molecule has 1 aliphatic rings. The van der Waals surface area contributed by atoms with Gasteiger partial charge in [-0.25, -0.2) is 0 Å². The minimum Gasteiger partial charge on any atom is -0.389 e. The first-order chi connectivity index (χ1) is 5.24. The maximum atomic E-state index is 11.1. The van der Waals surface area contributed by atoms with Gasteiger partial charge in [-0.2, -0.15) is 0 Å². The van der Waals surface area contributed by atoms with E-state index in [0.29, 0.717) is 26.1 Å². The van der Waals surface area contributed by atoms with Crippen LogP contribution in [0.3, 0.4) is 0 Å². The lowest BCUT2D eigenvalue weighted by Gasteiger charge is -2.35. The maximum Gasteiger partial charge on any atom is 0.224 e. The number of hydrogen-bond donors (Lipinski definition) is 2. The van der Waals surface area contributed by atoms with E-state index < -0.39 is 0 Å². The first kappa shape index (κ1) is 8.49. The number of hydrogen-bond acceptors (Lipinski definition) is 3. The largest absolute Gasteiger partial charge is 0.389 e. The van der Waals surface area contributed by atoms with Crippen LogP contribution in [0.2, 0.25) is 0 Å². The van der Waals surface area contributed by atoms with Crippen LogP contribution in [0.5, 0.6) is 0 Å². The smallest absolute Gasteiger partial charge is 0.224 e. The lowest BCUT2D eigenvalue weighted by molar-refractivity contribution is -0.141. The van der Waals surface area contributed by atoms with E-state index >= 15 is 0 Å². The first-order valence-corrected chi connectivity index (χ1v) is 3.84. The Morgan fingerprint density at radius 2 is 2.36 bits per heavy atom. The highest BCUT2D eigenvalue weighted by molar-refractivity contribution is 5.77. The molecule has 1 rings (SSSR count). The Hall–Kier alpha value is -0.610. The Labute approximate surface area is 66.2 Å². The molecule has 0 unspecified atom stereocenters. The van der Waals surface area contributed by atoms with Crippen LogP contribution in [0.4, 0.5) is 0 Å². The molecule has 0 aromatic carbocycles. The molecule has 1 saturated heterocycles. The second-order valence-corrected chi connectivity index (χ2v) is 2.81. The molecule has 1 fully saturated rings. The predicted octanol–water partition coefficient (Wildman–Crippen LogP) is -1.20. The van der Waals surface area contributed by atoms with E-state index in [4.69, 9.17) is 5.11 Å². The summed E-state index contributed by atoms with van der Waals surface area (Å²) < 4.78 is 0. The van der Waals surface area contributed by atoms with Crippen LogP contribution in [0, 0.1) is 0 Å². The summed E-state index contributed by atoms with van der Waals surface area (Å²) >= 11 is 0. The number of nitrogens with one attached hydrogen (secondary N) is 1. The van der Waals surface area contributed by atoms with Gasteiger partial charge in [0.2, 0.25) is 5.91 Å². The van der Waals surface area contributed by atoms with Gasteiger partial charge in [-0.1, -0.05) is 0 Å². The molecule has 0 radical (unpaired) electrons. The number of likely N-dealkylation sites (tertiary alicyclic amines) is 1. The predicted molar refractivity (Wildman–Crippen MR) is 41.1 cm³/mol. The van der Waals surface area contributed by atoms with E-state index in [1.54, 1.807) is 4.90 Å². The van der Waals surface area contributed by atoms with Crippen molar-refractivity contribution in [3.8, 4) is 0 Å². The monoisotopic (exact) mass is 158 g/mol. The fourth-order valence-corrected chi connectivity index (χ4v) is 1.05. The summed E-state index contributed by atoms with van der Waals surface area (Å²) in [6.45, 7) is 1.75. The van der Waals surface area contributed by atoms with Gasteiger partial charge in [0, 0.05) is 26.1 Å². The molecule has 64 valence electrons. The van der Waals surface area contributed by atoms with Crippen molar-refractivity contribution in [3.05, 3.63) is 0 Å². The number of carbonyl (C=O) groups is 1. The summed E-state index contributed by atoms with van der Waals surface area (Å²) in [5.41, 5.74) is 0. The number of aliphatic hydroxyl groups is 1. The molecule has 1 aliphatic heterocycles. The molecule has 4 heteroatoms. The fraction of sp³-hybridized carbons (Fsp3) is 0.857. The number of nitrogens with zero attached hydrogens (tertiary/aromatic N) is 1. The number of β-amino-alcohol motifs (C(OH)–C–C–N with tert-alkyl or cyclic N) is 1. The Morgan fingerprint density at radius 3 is 2.82 bits per heavy atom. The van der Waals surface area contributed by atoms with Gasteiger partial charge in [-0.05, 0) is 7.05 Å². The number of aliphatic hydroxyl groups excluding tert-OH is 1. The van der Waals surface area contributed by atoms with E-state index in [2.05, 4.69) is 5.32 Å². The van der Waals surface area contributed by atoms with E-state index in [9.17, 15) is 4.79 Å². The summed E-state index contributed by atoms with van der Waals surface area (Å²) in [4.78, 5) is 12.8. The van der Waals surface area contributed by atoms with Gasteiger partial charge in [-0.3, -0.25) is 4.79 Å². The van der Waals surface area contributed by atoms with Crippen molar-refractivity contribution in [2.24, 2.45) is 0 Å². The topological polar surface area (TPSA) is 52.6 Å². The Kier molecular flexibility index (Phi) is 2.84. The first-order valence-electron chi connectivity index (χ1n) is 3.84. The van der Waals surface area contributed by atoms with Gasteiger partial charge in [0.1, 0.15) is 0 Å². The van der Waals surface area contributed by atoms with Crippen LogP contribution in [-0.2, 0) is 4.79 Å². The standard InChI is InChI=1S/C7H14N2O2/c1-8-3-2-7(11)9-4-6(10)5-9/h6,8,10H,2-5H2,1H3. The third kappa shape index (κ3) is 2.17. The van der Waals surface area contributed by atoms with Gasteiger partial charge < -0.3 is 15.3 Å². The molecular formula is C7H14N2O2. The molecule has 4 nitrogen and oxygen atoms in total. The van der Waals surface area contributed by atoms with E-state index in [1.807, 2.05) is 7.05 Å². The number of amides is 1. The highest BCUT2D eigenvalue weighted by Crippen LogP contribution is 2.08. The van der Waals surface area contributed by atoms with Gasteiger partial charge in [0.15, 0.2) is 0 Å². The number of carbonyl (C=O) groups excluding carboxylic acids is 1. The minimum atomic E-state index is -0.284. The van der Waals surface area contributed by atoms with Gasteiger partial charge in [-0.15, -0.1) is 0 Å². The Balaban J connectivity index is 2.11. The van der Waals surface area contributed by atoms with Crippen molar-refractivity contribution in [2.45, 2.75) is 12.5 Å². The maximum absolute atomic E-state index is 11.1. The zero-order valence-corrected chi connectivity index (χ0v) is 6.71. The average molecular weight is 158 g/mol. The molecule has 0 spiro atoms. The van der Waals surface area contributed by atoms with Crippen molar-refractivity contribution in [1.29, 1.82) is 0 Å². The summed E-state index contributed by atoms with van der Waals surface area (Å²) in [5, 5.41) is 11.8. The van der Waals surface area contributed by atoms with E-state index in [-0.39, 0.29) is 12.0 Å². The van der Waals surface area contributed by atoms with Gasteiger partial charge in [0.25, 0.3) is 0 Å². The molecule has 0 aromatic rings. The molecule has 0 aliphatic carbocycles. The Bertz CT molecular complexity index is 143. The average Bonchev–Trinajstić information content (AvgIpc) is 1.94. The third-order valence-electron chi connectivity index (χ3n) is 1.80. The molecule has 11 heavy (non-hydrogen) atoms. The number of rotatable bonds is 3. The van der Waals surface area contributed by atoms with Gasteiger partial charge in [0.05, 0.1) is 6.10 Å². The van der Waals surface area contributed by atoms with Crippen LogP contribution < -0.4 is 5.32 Å². The van der Waals surface area contributed by atoms with E-state index in [0.717, 1.165) is 0 Å². The molecule has 1 amide bonds. The van der Waals surface area contributed by atoms with Crippen LogP contribution >= 0.6 is 0 Å². The molecule has 2 N–H and O–H groups in total. The molecule has 0 atom stereocenters. The van der Waals surface area contributed by atoms with E-state index in [1.165, 1.54) is 0 Å². The molecular weight excluding hydrogens is 144 g/mol. The molecule has 0 bridgehead atoms. The fourth-order valence-electron chi connectivity index (χ4n) is 1.05. The van der Waals surface area contributed by atoms with Crippen molar-refractivity contribution < 1.29 is 9.90 Å².